The fourth-order valence-electron chi connectivity index (χ4n) is 1.78. The van der Waals surface area contributed by atoms with Crippen LogP contribution in [0.1, 0.15) is 26.0 Å². The molecule has 0 radical (unpaired) electrons. The maximum Gasteiger partial charge on any atom is 0.244 e. The molecule has 0 aliphatic carbocycles. The molecule has 100 valence electrons. The Kier molecular flexibility index (Phi) is 4.34. The predicted octanol–water partition coefficient (Wildman–Crippen LogP) is 2.51. The molecule has 19 heavy (non-hydrogen) atoms. The number of imidazole rings is 1. The van der Waals surface area contributed by atoms with E-state index < -0.39 is 0 Å². The molecule has 1 N–H and O–H groups in total. The molecule has 2 aromatic heterocycles. The van der Waals surface area contributed by atoms with Crippen molar-refractivity contribution in [1.29, 1.82) is 0 Å². The first-order valence-corrected chi connectivity index (χ1v) is 6.55. The number of hydrogen-bond donors (Lipinski definition) is 1. The molecular formula is C15H19N3O. The molecule has 4 nitrogen and oxygen atoms in total. The average Bonchev–Trinajstić information content (AvgIpc) is 2.79. The summed E-state index contributed by atoms with van der Waals surface area (Å²) >= 11 is 0. The summed E-state index contributed by atoms with van der Waals surface area (Å²) in [6.45, 7) is 4.99. The number of hydrogen-bond acceptors (Lipinski definition) is 2. The van der Waals surface area contributed by atoms with Crippen molar-refractivity contribution in [3.8, 4) is 0 Å². The van der Waals surface area contributed by atoms with Gasteiger partial charge in [0.25, 0.3) is 0 Å². The van der Waals surface area contributed by atoms with E-state index >= 15 is 0 Å². The van der Waals surface area contributed by atoms with E-state index in [-0.39, 0.29) is 5.91 Å². The molecule has 2 rings (SSSR count). The van der Waals surface area contributed by atoms with Crippen LogP contribution in [-0.4, -0.2) is 21.8 Å². The summed E-state index contributed by atoms with van der Waals surface area (Å²) < 4.78 is 1.94. The van der Waals surface area contributed by atoms with Gasteiger partial charge in [0.2, 0.25) is 5.91 Å². The van der Waals surface area contributed by atoms with Crippen LogP contribution < -0.4 is 5.32 Å². The fraction of sp³-hybridized carbons (Fsp3) is 0.333. The Bertz CT molecular complexity index is 584. The van der Waals surface area contributed by atoms with Gasteiger partial charge in [-0.15, -0.1) is 0 Å². The number of nitrogens with zero attached hydrogens (tertiary/aromatic N) is 2. The Labute approximate surface area is 113 Å². The smallest absolute Gasteiger partial charge is 0.244 e. The van der Waals surface area contributed by atoms with Crippen molar-refractivity contribution < 1.29 is 4.79 Å². The topological polar surface area (TPSA) is 46.4 Å². The normalized spacial score (nSPS) is 11.5. The molecule has 0 spiro atoms. The number of amides is 1. The van der Waals surface area contributed by atoms with Crippen molar-refractivity contribution in [3.63, 3.8) is 0 Å². The molecule has 0 saturated carbocycles. The third-order valence-electron chi connectivity index (χ3n) is 2.87. The van der Waals surface area contributed by atoms with E-state index in [0.717, 1.165) is 17.8 Å². The Balaban J connectivity index is 1.96. The highest BCUT2D eigenvalue weighted by atomic mass is 16.1. The summed E-state index contributed by atoms with van der Waals surface area (Å²) in [4.78, 5) is 15.9. The number of nitrogens with one attached hydrogen (secondary N) is 1. The molecule has 2 heterocycles. The van der Waals surface area contributed by atoms with E-state index in [1.54, 1.807) is 18.3 Å². The highest BCUT2D eigenvalue weighted by Gasteiger charge is 2.00. The quantitative estimate of drug-likeness (QED) is 0.837. The molecule has 0 unspecified atom stereocenters. The van der Waals surface area contributed by atoms with Gasteiger partial charge in [0.1, 0.15) is 5.65 Å². The summed E-state index contributed by atoms with van der Waals surface area (Å²) in [7, 11) is 0. The number of carbonyl (C=O) groups is 1. The number of fused-ring (bicyclic) bond motifs is 1. The molecule has 1 amide bonds. The van der Waals surface area contributed by atoms with Gasteiger partial charge in [-0.2, -0.15) is 0 Å². The highest BCUT2D eigenvalue weighted by Crippen LogP contribution is 2.07. The van der Waals surface area contributed by atoms with Crippen molar-refractivity contribution in [2.45, 2.75) is 20.3 Å². The van der Waals surface area contributed by atoms with E-state index in [1.165, 1.54) is 0 Å². The maximum atomic E-state index is 11.6. The monoisotopic (exact) mass is 257 g/mol. The molecule has 2 aromatic rings. The molecule has 0 aromatic carbocycles. The second-order valence-corrected chi connectivity index (χ2v) is 4.92. The lowest BCUT2D eigenvalue weighted by atomic mass is 10.1. The van der Waals surface area contributed by atoms with E-state index in [2.05, 4.69) is 24.1 Å². The molecule has 0 aliphatic heterocycles. The Morgan fingerprint density at radius 1 is 1.47 bits per heavy atom. The van der Waals surface area contributed by atoms with Crippen molar-refractivity contribution in [1.82, 2.24) is 14.7 Å². The third kappa shape index (κ3) is 3.68. The van der Waals surface area contributed by atoms with Crippen LogP contribution in [0.2, 0.25) is 0 Å². The molecule has 0 fully saturated rings. The molecule has 0 saturated heterocycles. The van der Waals surface area contributed by atoms with E-state index in [0.29, 0.717) is 12.5 Å². The minimum absolute atomic E-state index is 0.0634. The second-order valence-electron chi connectivity index (χ2n) is 4.92. The minimum atomic E-state index is -0.0634. The Morgan fingerprint density at radius 3 is 3.11 bits per heavy atom. The molecular weight excluding hydrogens is 238 g/mol. The van der Waals surface area contributed by atoms with Crippen LogP contribution in [0, 0.1) is 5.92 Å². The van der Waals surface area contributed by atoms with Crippen LogP contribution in [0.4, 0.5) is 0 Å². The van der Waals surface area contributed by atoms with Crippen LogP contribution in [0.3, 0.4) is 0 Å². The summed E-state index contributed by atoms with van der Waals surface area (Å²) in [6, 6.07) is 5.81. The largest absolute Gasteiger partial charge is 0.353 e. The van der Waals surface area contributed by atoms with Gasteiger partial charge in [0.05, 0.1) is 11.9 Å². The number of pyridine rings is 1. The first-order valence-electron chi connectivity index (χ1n) is 6.55. The average molecular weight is 257 g/mol. The third-order valence-corrected chi connectivity index (χ3v) is 2.87. The first kappa shape index (κ1) is 13.3. The van der Waals surface area contributed by atoms with E-state index in [4.69, 9.17) is 0 Å². The predicted molar refractivity (Wildman–Crippen MR) is 76.7 cm³/mol. The van der Waals surface area contributed by atoms with Crippen molar-refractivity contribution in [2.24, 2.45) is 5.92 Å². The summed E-state index contributed by atoms with van der Waals surface area (Å²) in [5.74, 6) is 0.537. The van der Waals surface area contributed by atoms with Crippen molar-refractivity contribution in [2.75, 3.05) is 6.54 Å². The number of carbonyl (C=O) groups excluding carboxylic acids is 1. The Morgan fingerprint density at radius 2 is 2.32 bits per heavy atom. The van der Waals surface area contributed by atoms with Crippen molar-refractivity contribution in [3.05, 3.63) is 42.4 Å². The van der Waals surface area contributed by atoms with Crippen LogP contribution in [0.15, 0.2) is 36.7 Å². The maximum absolute atomic E-state index is 11.6. The second kappa shape index (κ2) is 6.18. The van der Waals surface area contributed by atoms with Crippen molar-refractivity contribution >= 4 is 17.6 Å². The summed E-state index contributed by atoms with van der Waals surface area (Å²) in [5.41, 5.74) is 1.77. The summed E-state index contributed by atoms with van der Waals surface area (Å²) in [5, 5.41) is 2.87. The van der Waals surface area contributed by atoms with Crippen LogP contribution in [0.5, 0.6) is 0 Å². The van der Waals surface area contributed by atoms with Gasteiger partial charge in [-0.25, -0.2) is 4.98 Å². The standard InChI is InChI=1S/C15H19N3O/c1-12(2)8-9-16-15(19)7-6-13-11-17-14-5-3-4-10-18(13)14/h3-7,10-12H,8-9H2,1-2H3,(H,16,19)/b7-6+. The van der Waals surface area contributed by atoms with Crippen LogP contribution >= 0.6 is 0 Å². The number of rotatable bonds is 5. The van der Waals surface area contributed by atoms with Gasteiger partial charge >= 0.3 is 0 Å². The van der Waals surface area contributed by atoms with Crippen LogP contribution in [0.25, 0.3) is 11.7 Å². The zero-order chi connectivity index (χ0) is 13.7. The fourth-order valence-corrected chi connectivity index (χ4v) is 1.78. The molecule has 0 bridgehead atoms. The van der Waals surface area contributed by atoms with Gasteiger partial charge < -0.3 is 9.72 Å². The lowest BCUT2D eigenvalue weighted by molar-refractivity contribution is -0.116. The van der Waals surface area contributed by atoms with Gasteiger partial charge in [-0.3, -0.25) is 4.79 Å². The Hall–Kier alpha value is -2.10. The summed E-state index contributed by atoms with van der Waals surface area (Å²) in [6.07, 6.45) is 8.02. The zero-order valence-corrected chi connectivity index (χ0v) is 11.3. The van der Waals surface area contributed by atoms with E-state index in [1.807, 2.05) is 28.8 Å². The SMILES string of the molecule is CC(C)CCNC(=O)/C=C/c1cnc2ccccn12. The lowest BCUT2D eigenvalue weighted by Crippen LogP contribution is -2.23. The zero-order valence-electron chi connectivity index (χ0n) is 11.3. The van der Waals surface area contributed by atoms with Crippen LogP contribution in [-0.2, 0) is 4.79 Å². The van der Waals surface area contributed by atoms with Gasteiger partial charge in [0.15, 0.2) is 0 Å². The molecule has 0 atom stereocenters. The van der Waals surface area contributed by atoms with Gasteiger partial charge in [0, 0.05) is 18.8 Å². The minimum Gasteiger partial charge on any atom is -0.353 e. The lowest BCUT2D eigenvalue weighted by Gasteiger charge is -2.04. The molecule has 4 heteroatoms. The van der Waals surface area contributed by atoms with E-state index in [9.17, 15) is 4.79 Å². The molecule has 0 aliphatic rings. The highest BCUT2D eigenvalue weighted by molar-refractivity contribution is 5.91. The first-order chi connectivity index (χ1) is 9.16. The number of aromatic nitrogens is 2. The van der Waals surface area contributed by atoms with Gasteiger partial charge in [-0.1, -0.05) is 19.9 Å². The van der Waals surface area contributed by atoms with Gasteiger partial charge in [-0.05, 0) is 30.5 Å².